The van der Waals surface area contributed by atoms with Gasteiger partial charge in [0.15, 0.2) is 4.80 Å². The number of non-ortho nitro benzene ring substituents is 1. The molecule has 0 bridgehead atoms. The van der Waals surface area contributed by atoms with Gasteiger partial charge in [0.2, 0.25) is 0 Å². The van der Waals surface area contributed by atoms with Gasteiger partial charge >= 0.3 is 0 Å². The highest BCUT2D eigenvalue weighted by molar-refractivity contribution is 7.98. The zero-order chi connectivity index (χ0) is 16.3. The van der Waals surface area contributed by atoms with Crippen LogP contribution in [-0.4, -0.2) is 27.4 Å². The molecule has 0 aliphatic carbocycles. The highest BCUT2D eigenvalue weighted by Gasteiger charge is 2.13. The van der Waals surface area contributed by atoms with Gasteiger partial charge in [0.25, 0.3) is 11.6 Å². The average Bonchev–Trinajstić information content (AvgIpc) is 2.81. The Kier molecular flexibility index (Phi) is 5.36. The van der Waals surface area contributed by atoms with Gasteiger partial charge in [-0.15, -0.1) is 0 Å². The van der Waals surface area contributed by atoms with Crippen molar-refractivity contribution >= 4 is 44.9 Å². The predicted octanol–water partition coefficient (Wildman–Crippen LogP) is 3.06. The van der Waals surface area contributed by atoms with E-state index < -0.39 is 4.92 Å². The Balaban J connectivity index is 2.62. The second-order valence-corrected chi connectivity index (χ2v) is 7.04. The van der Waals surface area contributed by atoms with Crippen LogP contribution in [-0.2, 0) is 11.3 Å². The number of nitro groups is 1. The van der Waals surface area contributed by atoms with E-state index in [-0.39, 0.29) is 17.5 Å². The van der Waals surface area contributed by atoms with Crippen molar-refractivity contribution in [2.24, 2.45) is 10.9 Å². The molecule has 2 aromatic rings. The smallest absolute Gasteiger partial charge is 0.270 e. The normalized spacial score (nSPS) is 12.3. The molecule has 0 atom stereocenters. The fourth-order valence-electron chi connectivity index (χ4n) is 1.88. The first-order chi connectivity index (χ1) is 10.4. The molecule has 2 rings (SSSR count). The number of hydrogen-bond donors (Lipinski definition) is 0. The van der Waals surface area contributed by atoms with Crippen LogP contribution >= 0.6 is 23.1 Å². The van der Waals surface area contributed by atoms with Gasteiger partial charge in [-0.2, -0.15) is 16.8 Å². The van der Waals surface area contributed by atoms with E-state index in [0.29, 0.717) is 11.3 Å². The van der Waals surface area contributed by atoms with E-state index in [9.17, 15) is 14.9 Å². The third kappa shape index (κ3) is 3.56. The summed E-state index contributed by atoms with van der Waals surface area (Å²) in [5, 5.41) is 10.9. The van der Waals surface area contributed by atoms with Gasteiger partial charge in [-0.05, 0) is 12.3 Å². The van der Waals surface area contributed by atoms with Gasteiger partial charge in [0.05, 0.1) is 15.1 Å². The number of hydrogen-bond acceptors (Lipinski definition) is 5. The Bertz CT molecular complexity index is 777. The zero-order valence-corrected chi connectivity index (χ0v) is 14.2. The highest BCUT2D eigenvalue weighted by atomic mass is 32.2. The standard InChI is InChI=1S/C14H17N3O3S2/c1-9(2)13(18)15-14-16(6-7-21-3)11-5-4-10(17(19)20)8-12(11)22-14/h4-5,8-9H,6-7H2,1-3H3. The van der Waals surface area contributed by atoms with Crippen molar-refractivity contribution < 1.29 is 9.72 Å². The number of carbonyl (C=O) groups is 1. The number of aromatic nitrogens is 1. The van der Waals surface area contributed by atoms with Crippen molar-refractivity contribution in [1.82, 2.24) is 4.57 Å². The molecule has 6 nitrogen and oxygen atoms in total. The number of nitro benzene ring substituents is 1. The molecular weight excluding hydrogens is 322 g/mol. The lowest BCUT2D eigenvalue weighted by molar-refractivity contribution is -0.384. The van der Waals surface area contributed by atoms with Crippen molar-refractivity contribution in [3.8, 4) is 0 Å². The largest absolute Gasteiger partial charge is 0.316 e. The van der Waals surface area contributed by atoms with Crippen LogP contribution in [0.5, 0.6) is 0 Å². The molecule has 8 heteroatoms. The molecular formula is C14H17N3O3S2. The molecule has 0 fully saturated rings. The summed E-state index contributed by atoms with van der Waals surface area (Å²) in [4.78, 5) is 27.2. The lowest BCUT2D eigenvalue weighted by atomic mass is 10.2. The van der Waals surface area contributed by atoms with Crippen LogP contribution in [0.4, 0.5) is 5.69 Å². The van der Waals surface area contributed by atoms with Crippen LogP contribution in [0.15, 0.2) is 23.2 Å². The van der Waals surface area contributed by atoms with Gasteiger partial charge in [-0.1, -0.05) is 25.2 Å². The molecule has 1 heterocycles. The second kappa shape index (κ2) is 7.06. The SMILES string of the molecule is CSCCn1c(=NC(=O)C(C)C)sc2cc([N+](=O)[O-])ccc21. The number of amides is 1. The minimum atomic E-state index is -0.415. The van der Waals surface area contributed by atoms with Gasteiger partial charge in [0, 0.05) is 30.3 Å². The Hall–Kier alpha value is -1.67. The van der Waals surface area contributed by atoms with Gasteiger partial charge in [-0.3, -0.25) is 14.9 Å². The van der Waals surface area contributed by atoms with Crippen molar-refractivity contribution in [3.63, 3.8) is 0 Å². The average molecular weight is 339 g/mol. The quantitative estimate of drug-likeness (QED) is 0.619. The molecule has 0 unspecified atom stereocenters. The number of thioether (sulfide) groups is 1. The minimum absolute atomic E-state index is 0.0486. The third-order valence-corrected chi connectivity index (χ3v) is 4.73. The van der Waals surface area contributed by atoms with Gasteiger partial charge in [0.1, 0.15) is 0 Å². The fraction of sp³-hybridized carbons (Fsp3) is 0.429. The number of carbonyl (C=O) groups excluding carboxylic acids is 1. The predicted molar refractivity (Wildman–Crippen MR) is 90.3 cm³/mol. The zero-order valence-electron chi connectivity index (χ0n) is 12.6. The van der Waals surface area contributed by atoms with Crippen molar-refractivity contribution in [3.05, 3.63) is 33.1 Å². The van der Waals surface area contributed by atoms with E-state index in [0.717, 1.165) is 16.0 Å². The summed E-state index contributed by atoms with van der Waals surface area (Å²) >= 11 is 3.01. The maximum absolute atomic E-state index is 11.9. The van der Waals surface area contributed by atoms with E-state index in [1.54, 1.807) is 31.7 Å². The van der Waals surface area contributed by atoms with Crippen molar-refractivity contribution in [2.75, 3.05) is 12.0 Å². The lowest BCUT2D eigenvalue weighted by Gasteiger charge is -2.04. The highest BCUT2D eigenvalue weighted by Crippen LogP contribution is 2.23. The summed E-state index contributed by atoms with van der Waals surface area (Å²) in [7, 11) is 0. The summed E-state index contributed by atoms with van der Waals surface area (Å²) in [6, 6.07) is 4.75. The molecule has 22 heavy (non-hydrogen) atoms. The van der Waals surface area contributed by atoms with Crippen LogP contribution in [0.2, 0.25) is 0 Å². The monoisotopic (exact) mass is 339 g/mol. The molecule has 0 saturated heterocycles. The topological polar surface area (TPSA) is 77.5 Å². The number of rotatable bonds is 5. The number of nitrogens with zero attached hydrogens (tertiary/aromatic N) is 3. The van der Waals surface area contributed by atoms with E-state index in [4.69, 9.17) is 0 Å². The molecule has 118 valence electrons. The van der Waals surface area contributed by atoms with Crippen LogP contribution in [0.1, 0.15) is 13.8 Å². The maximum Gasteiger partial charge on any atom is 0.270 e. The Labute approximate surface area is 136 Å². The van der Waals surface area contributed by atoms with Crippen LogP contribution in [0.25, 0.3) is 10.2 Å². The summed E-state index contributed by atoms with van der Waals surface area (Å²) < 4.78 is 2.73. The summed E-state index contributed by atoms with van der Waals surface area (Å²) in [6.45, 7) is 4.32. The molecule has 1 aromatic heterocycles. The van der Waals surface area contributed by atoms with Gasteiger partial charge < -0.3 is 4.57 Å². The van der Waals surface area contributed by atoms with E-state index in [2.05, 4.69) is 4.99 Å². The second-order valence-electron chi connectivity index (χ2n) is 5.04. The molecule has 0 spiro atoms. The number of aryl methyl sites for hydroxylation is 1. The number of fused-ring (bicyclic) bond motifs is 1. The third-order valence-electron chi connectivity index (χ3n) is 3.10. The fourth-order valence-corrected chi connectivity index (χ4v) is 3.34. The number of thiazole rings is 1. The van der Waals surface area contributed by atoms with Gasteiger partial charge in [-0.25, -0.2) is 0 Å². The Morgan fingerprint density at radius 3 is 2.82 bits per heavy atom. The first-order valence-electron chi connectivity index (χ1n) is 6.79. The maximum atomic E-state index is 11.9. The molecule has 0 aliphatic rings. The number of benzene rings is 1. The minimum Gasteiger partial charge on any atom is -0.316 e. The lowest BCUT2D eigenvalue weighted by Crippen LogP contribution is -2.19. The van der Waals surface area contributed by atoms with Crippen molar-refractivity contribution in [1.29, 1.82) is 0 Å². The Morgan fingerprint density at radius 1 is 1.50 bits per heavy atom. The molecule has 1 amide bonds. The molecule has 1 aromatic carbocycles. The van der Waals surface area contributed by atoms with E-state index >= 15 is 0 Å². The van der Waals surface area contributed by atoms with E-state index in [1.807, 2.05) is 10.8 Å². The van der Waals surface area contributed by atoms with Crippen molar-refractivity contribution in [2.45, 2.75) is 20.4 Å². The van der Waals surface area contributed by atoms with E-state index in [1.165, 1.54) is 23.5 Å². The molecule has 0 aliphatic heterocycles. The summed E-state index contributed by atoms with van der Waals surface area (Å²) in [5.74, 6) is 0.527. The Morgan fingerprint density at radius 2 is 2.23 bits per heavy atom. The van der Waals surface area contributed by atoms with Crippen LogP contribution < -0.4 is 4.80 Å². The molecule has 0 N–H and O–H groups in total. The summed E-state index contributed by atoms with van der Waals surface area (Å²) in [6.07, 6.45) is 2.01. The first kappa shape index (κ1) is 16.7. The summed E-state index contributed by atoms with van der Waals surface area (Å²) in [5.41, 5.74) is 0.924. The molecule has 0 saturated carbocycles. The first-order valence-corrected chi connectivity index (χ1v) is 9.00. The van der Waals surface area contributed by atoms with Crippen LogP contribution in [0, 0.1) is 16.0 Å². The van der Waals surface area contributed by atoms with Crippen LogP contribution in [0.3, 0.4) is 0 Å². The molecule has 0 radical (unpaired) electrons.